The van der Waals surface area contributed by atoms with Gasteiger partial charge in [0.05, 0.1) is 12.0 Å². The zero-order chi connectivity index (χ0) is 22.0. The molecule has 1 fully saturated rings. The number of nitrogens with one attached hydrogen (secondary N) is 1. The first-order chi connectivity index (χ1) is 15.0. The van der Waals surface area contributed by atoms with Crippen LogP contribution in [0.3, 0.4) is 0 Å². The Morgan fingerprint density at radius 2 is 2.00 bits per heavy atom. The van der Waals surface area contributed by atoms with Gasteiger partial charge in [-0.25, -0.2) is 9.59 Å². The molecule has 7 heteroatoms. The van der Waals surface area contributed by atoms with Crippen molar-refractivity contribution in [1.29, 1.82) is 0 Å². The van der Waals surface area contributed by atoms with E-state index in [4.69, 9.17) is 13.9 Å². The fourth-order valence-corrected chi connectivity index (χ4v) is 4.73. The lowest BCUT2D eigenvalue weighted by molar-refractivity contribution is 0.0935. The Bertz CT molecular complexity index is 1010. The number of piperidine rings is 1. The molecule has 1 saturated heterocycles. The molecule has 1 aromatic carbocycles. The number of nitrogens with zero attached hydrogens (tertiary/aromatic N) is 1. The van der Waals surface area contributed by atoms with Crippen molar-refractivity contribution >= 4 is 17.1 Å². The predicted octanol–water partition coefficient (Wildman–Crippen LogP) is 3.57. The normalized spacial score (nSPS) is 17.6. The van der Waals surface area contributed by atoms with Gasteiger partial charge in [-0.3, -0.25) is 0 Å². The highest BCUT2D eigenvalue weighted by molar-refractivity contribution is 5.88. The van der Waals surface area contributed by atoms with Gasteiger partial charge in [0.15, 0.2) is 0 Å². The number of amides is 1. The molecule has 2 aliphatic rings. The molecule has 1 amide bonds. The number of carbonyl (C=O) groups is 1. The highest BCUT2D eigenvalue weighted by Gasteiger charge is 2.25. The summed E-state index contributed by atoms with van der Waals surface area (Å²) >= 11 is 0. The maximum atomic E-state index is 12.3. The molecule has 2 heterocycles. The van der Waals surface area contributed by atoms with Crippen LogP contribution in [0.25, 0.3) is 11.0 Å². The van der Waals surface area contributed by atoms with Crippen LogP contribution in [-0.4, -0.2) is 49.4 Å². The Balaban J connectivity index is 1.39. The molecule has 1 N–H and O–H groups in total. The van der Waals surface area contributed by atoms with Crippen LogP contribution in [0.1, 0.15) is 49.8 Å². The molecular weight excluding hydrogens is 396 g/mol. The summed E-state index contributed by atoms with van der Waals surface area (Å²) in [5.41, 5.74) is 3.32. The molecule has 168 valence electrons. The lowest BCUT2D eigenvalue weighted by atomic mass is 10.0. The maximum Gasteiger partial charge on any atom is 0.409 e. The third-order valence-electron chi connectivity index (χ3n) is 6.21. The Kier molecular flexibility index (Phi) is 6.51. The number of aryl methyl sites for hydroxylation is 2. The summed E-state index contributed by atoms with van der Waals surface area (Å²) in [6.07, 6.45) is 4.23. The second kappa shape index (κ2) is 9.30. The third-order valence-corrected chi connectivity index (χ3v) is 6.21. The van der Waals surface area contributed by atoms with Crippen LogP contribution >= 0.6 is 0 Å². The molecule has 0 spiro atoms. The van der Waals surface area contributed by atoms with Gasteiger partial charge in [-0.15, -0.1) is 0 Å². The van der Waals surface area contributed by atoms with E-state index < -0.39 is 0 Å². The topological polar surface area (TPSA) is 81.0 Å². The fourth-order valence-electron chi connectivity index (χ4n) is 4.73. The minimum absolute atomic E-state index is 0.151. The Hall–Kier alpha value is -2.54. The zero-order valence-corrected chi connectivity index (χ0v) is 18.7. The number of likely N-dealkylation sites (tertiary alicyclic amines) is 1. The highest BCUT2D eigenvalue weighted by atomic mass is 16.6. The number of ether oxygens (including phenoxy) is 2. The van der Waals surface area contributed by atoms with Crippen LogP contribution in [0.4, 0.5) is 4.79 Å². The van der Waals surface area contributed by atoms with Crippen molar-refractivity contribution in [3.63, 3.8) is 0 Å². The summed E-state index contributed by atoms with van der Waals surface area (Å²) in [7, 11) is 0. The molecule has 4 rings (SSSR count). The van der Waals surface area contributed by atoms with Crippen LogP contribution in [-0.2, 0) is 17.6 Å². The average molecular weight is 429 g/mol. The second-order valence-electron chi connectivity index (χ2n) is 8.68. The van der Waals surface area contributed by atoms with E-state index in [1.54, 1.807) is 4.90 Å². The molecular formula is C24H32N2O5. The van der Waals surface area contributed by atoms with Crippen molar-refractivity contribution in [2.75, 3.05) is 26.3 Å². The maximum absolute atomic E-state index is 12.3. The smallest absolute Gasteiger partial charge is 0.409 e. The monoisotopic (exact) mass is 428 g/mol. The van der Waals surface area contributed by atoms with Crippen molar-refractivity contribution < 1.29 is 18.7 Å². The Morgan fingerprint density at radius 3 is 2.74 bits per heavy atom. The van der Waals surface area contributed by atoms with Gasteiger partial charge in [0.2, 0.25) is 0 Å². The highest BCUT2D eigenvalue weighted by Crippen LogP contribution is 2.35. The SMILES string of the molecule is CCOC(=O)N1CCC(NC(C)COc2cc(C)cc3oc(=O)c4c(c23)CCC4)CC1. The minimum atomic E-state index is -0.220. The fraction of sp³-hybridized carbons (Fsp3) is 0.583. The molecule has 0 saturated carbocycles. The van der Waals surface area contributed by atoms with Gasteiger partial charge in [0.25, 0.3) is 0 Å². The van der Waals surface area contributed by atoms with Crippen LogP contribution in [0, 0.1) is 6.92 Å². The van der Waals surface area contributed by atoms with Crippen molar-refractivity contribution in [3.8, 4) is 5.75 Å². The van der Waals surface area contributed by atoms with Gasteiger partial charge in [0.1, 0.15) is 17.9 Å². The molecule has 1 atom stereocenters. The van der Waals surface area contributed by atoms with E-state index in [9.17, 15) is 9.59 Å². The van der Waals surface area contributed by atoms with Gasteiger partial charge in [-0.05, 0) is 76.1 Å². The van der Waals surface area contributed by atoms with E-state index in [0.717, 1.165) is 59.9 Å². The first kappa shape index (κ1) is 21.7. The largest absolute Gasteiger partial charge is 0.491 e. The second-order valence-corrected chi connectivity index (χ2v) is 8.68. The van der Waals surface area contributed by atoms with Gasteiger partial charge in [-0.2, -0.15) is 0 Å². The van der Waals surface area contributed by atoms with E-state index in [2.05, 4.69) is 12.2 Å². The van der Waals surface area contributed by atoms with Gasteiger partial charge < -0.3 is 24.1 Å². The first-order valence-corrected chi connectivity index (χ1v) is 11.4. The summed E-state index contributed by atoms with van der Waals surface area (Å²) in [6, 6.07) is 4.45. The van der Waals surface area contributed by atoms with Crippen LogP contribution in [0.5, 0.6) is 5.75 Å². The standard InChI is InChI=1S/C24H32N2O5/c1-4-29-24(28)26-10-8-17(9-11-26)25-16(3)14-30-20-12-15(2)13-21-22(20)18-6-5-7-19(18)23(27)31-21/h12-13,16-17,25H,4-11,14H2,1-3H3. The molecule has 1 aromatic heterocycles. The molecule has 1 aliphatic heterocycles. The van der Waals surface area contributed by atoms with Crippen molar-refractivity contribution in [2.45, 2.75) is 65.0 Å². The molecule has 0 radical (unpaired) electrons. The number of rotatable bonds is 6. The zero-order valence-electron chi connectivity index (χ0n) is 18.7. The molecule has 31 heavy (non-hydrogen) atoms. The van der Waals surface area contributed by atoms with E-state index >= 15 is 0 Å². The van der Waals surface area contributed by atoms with Crippen LogP contribution in [0.15, 0.2) is 21.3 Å². The number of hydrogen-bond acceptors (Lipinski definition) is 6. The number of hydrogen-bond donors (Lipinski definition) is 1. The van der Waals surface area contributed by atoms with Gasteiger partial charge in [0, 0.05) is 30.7 Å². The molecule has 0 bridgehead atoms. The summed E-state index contributed by atoms with van der Waals surface area (Å²) in [5, 5.41) is 4.58. The molecule has 7 nitrogen and oxygen atoms in total. The lowest BCUT2D eigenvalue weighted by Gasteiger charge is -2.33. The number of carbonyl (C=O) groups excluding carboxylic acids is 1. The van der Waals surface area contributed by atoms with Crippen molar-refractivity contribution in [3.05, 3.63) is 39.2 Å². The third kappa shape index (κ3) is 4.71. The number of fused-ring (bicyclic) bond motifs is 3. The van der Waals surface area contributed by atoms with E-state index in [1.807, 2.05) is 26.0 Å². The van der Waals surface area contributed by atoms with Gasteiger partial charge in [-0.1, -0.05) is 0 Å². The summed E-state index contributed by atoms with van der Waals surface area (Å²) in [4.78, 5) is 25.9. The predicted molar refractivity (Wildman–Crippen MR) is 119 cm³/mol. The van der Waals surface area contributed by atoms with E-state index in [-0.39, 0.29) is 17.8 Å². The quantitative estimate of drug-likeness (QED) is 0.709. The lowest BCUT2D eigenvalue weighted by Crippen LogP contribution is -2.48. The summed E-state index contributed by atoms with van der Waals surface area (Å²) < 4.78 is 16.9. The van der Waals surface area contributed by atoms with Crippen LogP contribution in [0.2, 0.25) is 0 Å². The first-order valence-electron chi connectivity index (χ1n) is 11.4. The van der Waals surface area contributed by atoms with E-state index in [0.29, 0.717) is 37.9 Å². The molecule has 1 unspecified atom stereocenters. The van der Waals surface area contributed by atoms with Crippen molar-refractivity contribution in [1.82, 2.24) is 10.2 Å². The number of benzene rings is 1. The minimum Gasteiger partial charge on any atom is -0.491 e. The van der Waals surface area contributed by atoms with E-state index in [1.165, 1.54) is 0 Å². The average Bonchev–Trinajstić information content (AvgIpc) is 3.23. The van der Waals surface area contributed by atoms with Gasteiger partial charge >= 0.3 is 11.7 Å². The summed E-state index contributed by atoms with van der Waals surface area (Å²) in [5.74, 6) is 0.794. The van der Waals surface area contributed by atoms with Crippen LogP contribution < -0.4 is 15.7 Å². The summed E-state index contributed by atoms with van der Waals surface area (Å²) in [6.45, 7) is 8.26. The Labute approximate surface area is 182 Å². The molecule has 1 aliphatic carbocycles. The Morgan fingerprint density at radius 1 is 1.26 bits per heavy atom. The van der Waals surface area contributed by atoms with Crippen molar-refractivity contribution in [2.24, 2.45) is 0 Å². The molecule has 2 aromatic rings.